The molecule has 0 radical (unpaired) electrons. The van der Waals surface area contributed by atoms with E-state index in [-0.39, 0.29) is 11.7 Å². The normalized spacial score (nSPS) is 15.5. The Hall–Kier alpha value is -1.51. The van der Waals surface area contributed by atoms with Gasteiger partial charge in [0.05, 0.1) is 11.7 Å². The van der Waals surface area contributed by atoms with Gasteiger partial charge >= 0.3 is 0 Å². The molecule has 2 rings (SSSR count). The van der Waals surface area contributed by atoms with Crippen molar-refractivity contribution in [3.05, 3.63) is 23.8 Å². The third-order valence-electron chi connectivity index (χ3n) is 2.36. The molecule has 0 spiro atoms. The van der Waals surface area contributed by atoms with Gasteiger partial charge in [-0.3, -0.25) is 4.79 Å². The van der Waals surface area contributed by atoms with E-state index in [1.807, 2.05) is 32.9 Å². The van der Waals surface area contributed by atoms with E-state index in [2.05, 4.69) is 0 Å². The first-order valence-corrected chi connectivity index (χ1v) is 5.93. The summed E-state index contributed by atoms with van der Waals surface area (Å²) < 4.78 is 11.6. The molecule has 1 aliphatic carbocycles. The third-order valence-corrected chi connectivity index (χ3v) is 2.36. The summed E-state index contributed by atoms with van der Waals surface area (Å²) in [6.45, 7) is 5.92. The highest BCUT2D eigenvalue weighted by molar-refractivity contribution is 5.81. The number of rotatable bonds is 4. The highest BCUT2D eigenvalue weighted by Crippen LogP contribution is 2.37. The van der Waals surface area contributed by atoms with Crippen LogP contribution in [0.1, 0.15) is 44.0 Å². The van der Waals surface area contributed by atoms with Gasteiger partial charge < -0.3 is 9.47 Å². The number of para-hydroxylation sites is 1. The molecule has 3 nitrogen and oxygen atoms in total. The minimum absolute atomic E-state index is 0.249. The standard InChI is InChI=1S/C14H18O3/c1-14(2,3)17-12-6-4-5-10(9-15)13(12)16-11-7-8-11/h4-6,9,11H,7-8H2,1-3H3. The SMILES string of the molecule is CC(C)(C)Oc1cccc(C=O)c1OC1CC1. The van der Waals surface area contributed by atoms with Crippen LogP contribution < -0.4 is 9.47 Å². The van der Waals surface area contributed by atoms with E-state index >= 15 is 0 Å². The maximum Gasteiger partial charge on any atom is 0.172 e. The molecule has 1 aromatic rings. The van der Waals surface area contributed by atoms with E-state index in [4.69, 9.17) is 9.47 Å². The van der Waals surface area contributed by atoms with E-state index in [1.54, 1.807) is 6.07 Å². The molecule has 92 valence electrons. The van der Waals surface area contributed by atoms with Crippen molar-refractivity contribution in [1.82, 2.24) is 0 Å². The van der Waals surface area contributed by atoms with Gasteiger partial charge in [-0.1, -0.05) is 6.07 Å². The first kappa shape index (κ1) is 12.0. The maximum atomic E-state index is 11.0. The second-order valence-corrected chi connectivity index (χ2v) is 5.32. The predicted octanol–water partition coefficient (Wildman–Crippen LogP) is 3.22. The second kappa shape index (κ2) is 4.40. The van der Waals surface area contributed by atoms with Crippen molar-refractivity contribution in [3.63, 3.8) is 0 Å². The Morgan fingerprint density at radius 1 is 1.29 bits per heavy atom. The summed E-state index contributed by atoms with van der Waals surface area (Å²) in [5.41, 5.74) is 0.252. The van der Waals surface area contributed by atoms with Gasteiger partial charge in [-0.15, -0.1) is 0 Å². The highest BCUT2D eigenvalue weighted by atomic mass is 16.5. The number of ether oxygens (including phenoxy) is 2. The van der Waals surface area contributed by atoms with Crippen molar-refractivity contribution >= 4 is 6.29 Å². The average molecular weight is 234 g/mol. The molecular formula is C14H18O3. The Morgan fingerprint density at radius 3 is 2.53 bits per heavy atom. The van der Waals surface area contributed by atoms with E-state index in [0.717, 1.165) is 19.1 Å². The Labute approximate surface area is 102 Å². The zero-order chi connectivity index (χ0) is 12.5. The molecule has 0 bridgehead atoms. The van der Waals surface area contributed by atoms with Crippen molar-refractivity contribution in [2.45, 2.75) is 45.3 Å². The lowest BCUT2D eigenvalue weighted by Crippen LogP contribution is -2.23. The molecule has 0 atom stereocenters. The summed E-state index contributed by atoms with van der Waals surface area (Å²) in [5.74, 6) is 1.23. The number of aldehydes is 1. The van der Waals surface area contributed by atoms with Gasteiger partial charge in [0.25, 0.3) is 0 Å². The van der Waals surface area contributed by atoms with Crippen LogP contribution >= 0.6 is 0 Å². The molecule has 0 N–H and O–H groups in total. The van der Waals surface area contributed by atoms with Gasteiger partial charge in [0.1, 0.15) is 5.60 Å². The van der Waals surface area contributed by atoms with Gasteiger partial charge in [-0.05, 0) is 45.7 Å². The Balaban J connectivity index is 2.31. The summed E-state index contributed by atoms with van der Waals surface area (Å²) in [4.78, 5) is 11.0. The van der Waals surface area contributed by atoms with Crippen LogP contribution in [0.3, 0.4) is 0 Å². The number of carbonyl (C=O) groups excluding carboxylic acids is 1. The summed E-state index contributed by atoms with van der Waals surface area (Å²) in [6.07, 6.45) is 3.18. The van der Waals surface area contributed by atoms with Crippen LogP contribution in [0.5, 0.6) is 11.5 Å². The molecule has 0 amide bonds. The lowest BCUT2D eigenvalue weighted by Gasteiger charge is -2.23. The number of hydrogen-bond acceptors (Lipinski definition) is 3. The Bertz CT molecular complexity index is 414. The van der Waals surface area contributed by atoms with Gasteiger partial charge in [-0.25, -0.2) is 0 Å². The van der Waals surface area contributed by atoms with Crippen molar-refractivity contribution in [2.24, 2.45) is 0 Å². The van der Waals surface area contributed by atoms with Crippen molar-refractivity contribution in [1.29, 1.82) is 0 Å². The van der Waals surface area contributed by atoms with Crippen LogP contribution in [0.2, 0.25) is 0 Å². The zero-order valence-electron chi connectivity index (χ0n) is 10.5. The van der Waals surface area contributed by atoms with E-state index in [9.17, 15) is 4.79 Å². The largest absolute Gasteiger partial charge is 0.486 e. The molecule has 0 saturated heterocycles. The molecule has 0 aliphatic heterocycles. The average Bonchev–Trinajstić information content (AvgIpc) is 3.02. The van der Waals surface area contributed by atoms with Crippen LogP contribution in [-0.4, -0.2) is 18.0 Å². The molecular weight excluding hydrogens is 216 g/mol. The molecule has 0 heterocycles. The molecule has 1 aromatic carbocycles. The fourth-order valence-corrected chi connectivity index (χ4v) is 1.51. The van der Waals surface area contributed by atoms with E-state index < -0.39 is 0 Å². The van der Waals surface area contributed by atoms with Crippen LogP contribution in [-0.2, 0) is 0 Å². The van der Waals surface area contributed by atoms with Gasteiger partial charge in [0, 0.05) is 0 Å². The Kier molecular flexibility index (Phi) is 3.09. The predicted molar refractivity (Wildman–Crippen MR) is 65.9 cm³/mol. The fourth-order valence-electron chi connectivity index (χ4n) is 1.51. The zero-order valence-corrected chi connectivity index (χ0v) is 10.5. The van der Waals surface area contributed by atoms with Crippen LogP contribution in [0.15, 0.2) is 18.2 Å². The van der Waals surface area contributed by atoms with Crippen LogP contribution in [0.4, 0.5) is 0 Å². The van der Waals surface area contributed by atoms with Crippen molar-refractivity contribution < 1.29 is 14.3 Å². The van der Waals surface area contributed by atoms with E-state index in [1.165, 1.54) is 0 Å². The van der Waals surface area contributed by atoms with Crippen molar-refractivity contribution in [3.8, 4) is 11.5 Å². The third kappa shape index (κ3) is 3.22. The molecule has 1 saturated carbocycles. The molecule has 1 fully saturated rings. The summed E-state index contributed by atoms with van der Waals surface area (Å²) in [6, 6.07) is 5.40. The number of hydrogen-bond donors (Lipinski definition) is 0. The lowest BCUT2D eigenvalue weighted by molar-refractivity contribution is 0.110. The molecule has 17 heavy (non-hydrogen) atoms. The Morgan fingerprint density at radius 2 is 2.00 bits per heavy atom. The fraction of sp³-hybridized carbons (Fsp3) is 0.500. The van der Waals surface area contributed by atoms with Crippen LogP contribution in [0, 0.1) is 0 Å². The topological polar surface area (TPSA) is 35.5 Å². The molecule has 1 aliphatic rings. The number of benzene rings is 1. The highest BCUT2D eigenvalue weighted by Gasteiger charge is 2.27. The lowest BCUT2D eigenvalue weighted by atomic mass is 10.1. The molecule has 3 heteroatoms. The summed E-state index contributed by atoms with van der Waals surface area (Å²) in [7, 11) is 0. The van der Waals surface area contributed by atoms with Crippen LogP contribution in [0.25, 0.3) is 0 Å². The van der Waals surface area contributed by atoms with Gasteiger partial charge in [0.15, 0.2) is 17.8 Å². The minimum Gasteiger partial charge on any atom is -0.486 e. The first-order chi connectivity index (χ1) is 7.99. The minimum atomic E-state index is -0.302. The molecule has 0 aromatic heterocycles. The van der Waals surface area contributed by atoms with Gasteiger partial charge in [-0.2, -0.15) is 0 Å². The smallest absolute Gasteiger partial charge is 0.172 e. The van der Waals surface area contributed by atoms with Crippen molar-refractivity contribution in [2.75, 3.05) is 0 Å². The maximum absolute atomic E-state index is 11.0. The summed E-state index contributed by atoms with van der Waals surface area (Å²) >= 11 is 0. The monoisotopic (exact) mass is 234 g/mol. The summed E-state index contributed by atoms with van der Waals surface area (Å²) in [5, 5.41) is 0. The van der Waals surface area contributed by atoms with Gasteiger partial charge in [0.2, 0.25) is 0 Å². The quantitative estimate of drug-likeness (QED) is 0.750. The number of carbonyl (C=O) groups is 1. The first-order valence-electron chi connectivity index (χ1n) is 5.93. The second-order valence-electron chi connectivity index (χ2n) is 5.32. The molecule has 0 unspecified atom stereocenters. The van der Waals surface area contributed by atoms with E-state index in [0.29, 0.717) is 17.1 Å².